The maximum atomic E-state index is 12.6. The molecule has 0 N–H and O–H groups in total. The van der Waals surface area contributed by atoms with Gasteiger partial charge in [0.1, 0.15) is 6.54 Å². The van der Waals surface area contributed by atoms with Gasteiger partial charge in [-0.1, -0.05) is 24.3 Å². The highest BCUT2D eigenvalue weighted by Gasteiger charge is 2.19. The molecular formula is C20H21N5O3S. The lowest BCUT2D eigenvalue weighted by molar-refractivity contribution is -0.134. The van der Waals surface area contributed by atoms with Gasteiger partial charge in [0.2, 0.25) is 11.7 Å². The fraction of sp³-hybridized carbons (Fsp3) is 0.350. The summed E-state index contributed by atoms with van der Waals surface area (Å²) in [5, 5.41) is 12.4. The molecule has 1 saturated heterocycles. The number of thiophene rings is 1. The summed E-state index contributed by atoms with van der Waals surface area (Å²) in [5.41, 5.74) is 1.94. The number of ether oxygens (including phenoxy) is 1. The van der Waals surface area contributed by atoms with Crippen LogP contribution in [-0.2, 0) is 22.5 Å². The molecule has 0 spiro atoms. The van der Waals surface area contributed by atoms with Gasteiger partial charge in [-0.05, 0) is 29.8 Å². The number of aromatic nitrogens is 4. The number of carbonyl (C=O) groups excluding carboxylic acids is 2. The fourth-order valence-corrected chi connectivity index (χ4v) is 4.07. The number of amides is 1. The van der Waals surface area contributed by atoms with E-state index in [-0.39, 0.29) is 18.2 Å². The van der Waals surface area contributed by atoms with Gasteiger partial charge in [-0.2, -0.15) is 4.80 Å². The second-order valence-electron chi connectivity index (χ2n) is 6.82. The van der Waals surface area contributed by atoms with Crippen LogP contribution in [0.1, 0.15) is 20.1 Å². The average Bonchev–Trinajstić information content (AvgIpc) is 3.39. The van der Waals surface area contributed by atoms with Gasteiger partial charge in [0, 0.05) is 23.5 Å². The number of hydrogen-bond donors (Lipinski definition) is 0. The molecule has 1 amide bonds. The van der Waals surface area contributed by atoms with E-state index >= 15 is 0 Å². The predicted molar refractivity (Wildman–Crippen MR) is 108 cm³/mol. The maximum Gasteiger partial charge on any atom is 0.227 e. The molecule has 1 fully saturated rings. The minimum absolute atomic E-state index is 0.0102. The second-order valence-corrected chi connectivity index (χ2v) is 7.99. The zero-order chi connectivity index (χ0) is 20.2. The zero-order valence-electron chi connectivity index (χ0n) is 16.1. The van der Waals surface area contributed by atoms with Crippen molar-refractivity contribution < 1.29 is 14.3 Å². The number of rotatable bonds is 6. The standard InChI is InChI=1S/C20H21N5O3S/c1-14-4-2-3-5-16(14)20-21-23-25(22-20)13-17(26)18-7-6-15(29-18)12-19(27)24-8-10-28-11-9-24/h2-7H,8-13H2,1H3. The first-order valence-electron chi connectivity index (χ1n) is 9.41. The van der Waals surface area contributed by atoms with Crippen molar-refractivity contribution in [3.8, 4) is 11.4 Å². The summed E-state index contributed by atoms with van der Waals surface area (Å²) in [7, 11) is 0. The Morgan fingerprint density at radius 3 is 2.72 bits per heavy atom. The molecule has 3 aromatic rings. The molecule has 1 aliphatic rings. The van der Waals surface area contributed by atoms with E-state index in [9.17, 15) is 9.59 Å². The van der Waals surface area contributed by atoms with Crippen molar-refractivity contribution in [3.05, 3.63) is 51.7 Å². The molecule has 29 heavy (non-hydrogen) atoms. The quantitative estimate of drug-likeness (QED) is 0.576. The van der Waals surface area contributed by atoms with Crippen molar-refractivity contribution in [2.75, 3.05) is 26.3 Å². The average molecular weight is 411 g/mol. The summed E-state index contributed by atoms with van der Waals surface area (Å²) in [4.78, 5) is 29.5. The highest BCUT2D eigenvalue weighted by Crippen LogP contribution is 2.20. The van der Waals surface area contributed by atoms with Crippen LogP contribution in [-0.4, -0.2) is 63.1 Å². The highest BCUT2D eigenvalue weighted by atomic mass is 32.1. The summed E-state index contributed by atoms with van der Waals surface area (Å²) in [6.45, 7) is 4.39. The van der Waals surface area contributed by atoms with Crippen LogP contribution in [0.5, 0.6) is 0 Å². The van der Waals surface area contributed by atoms with Gasteiger partial charge in [0.15, 0.2) is 5.78 Å². The smallest absolute Gasteiger partial charge is 0.227 e. The molecule has 0 bridgehead atoms. The summed E-state index contributed by atoms with van der Waals surface area (Å²) in [5.74, 6) is 0.461. The van der Waals surface area contributed by atoms with Crippen molar-refractivity contribution in [1.29, 1.82) is 0 Å². The first kappa shape index (κ1) is 19.4. The van der Waals surface area contributed by atoms with Gasteiger partial charge in [0.25, 0.3) is 0 Å². The number of ketones is 1. The lowest BCUT2D eigenvalue weighted by Crippen LogP contribution is -2.41. The lowest BCUT2D eigenvalue weighted by atomic mass is 10.1. The maximum absolute atomic E-state index is 12.6. The Balaban J connectivity index is 1.38. The SMILES string of the molecule is Cc1ccccc1-c1nnn(CC(=O)c2ccc(CC(=O)N3CCOCC3)s2)n1. The van der Waals surface area contributed by atoms with E-state index in [1.54, 1.807) is 11.0 Å². The third kappa shape index (κ3) is 4.57. The van der Waals surface area contributed by atoms with Crippen LogP contribution in [0.3, 0.4) is 0 Å². The molecule has 150 valence electrons. The number of aryl methyl sites for hydroxylation is 1. The molecule has 8 nitrogen and oxygen atoms in total. The van der Waals surface area contributed by atoms with Crippen LogP contribution < -0.4 is 0 Å². The van der Waals surface area contributed by atoms with Crippen LogP contribution in [0, 0.1) is 6.92 Å². The van der Waals surface area contributed by atoms with Crippen LogP contribution >= 0.6 is 11.3 Å². The largest absolute Gasteiger partial charge is 0.378 e. The Labute approximate surface area is 172 Å². The number of morpholine rings is 1. The third-order valence-electron chi connectivity index (χ3n) is 4.75. The number of carbonyl (C=O) groups is 2. The summed E-state index contributed by atoms with van der Waals surface area (Å²) in [6.07, 6.45) is 0.303. The molecule has 9 heteroatoms. The molecule has 0 atom stereocenters. The molecule has 0 unspecified atom stereocenters. The van der Waals surface area contributed by atoms with Crippen LogP contribution in [0.25, 0.3) is 11.4 Å². The number of hydrogen-bond acceptors (Lipinski definition) is 7. The third-order valence-corrected chi connectivity index (χ3v) is 5.88. The predicted octanol–water partition coefficient (Wildman–Crippen LogP) is 1.99. The van der Waals surface area contributed by atoms with Crippen LogP contribution in [0.4, 0.5) is 0 Å². The normalized spacial score (nSPS) is 14.2. The number of nitrogens with zero attached hydrogens (tertiary/aromatic N) is 5. The van der Waals surface area contributed by atoms with Crippen molar-refractivity contribution in [2.24, 2.45) is 0 Å². The summed E-state index contributed by atoms with van der Waals surface area (Å²) >= 11 is 1.34. The topological polar surface area (TPSA) is 90.2 Å². The molecule has 3 heterocycles. The zero-order valence-corrected chi connectivity index (χ0v) is 16.9. The van der Waals surface area contributed by atoms with E-state index < -0.39 is 0 Å². The molecule has 2 aromatic heterocycles. The van der Waals surface area contributed by atoms with Crippen molar-refractivity contribution in [1.82, 2.24) is 25.1 Å². The highest BCUT2D eigenvalue weighted by molar-refractivity contribution is 7.14. The van der Waals surface area contributed by atoms with Crippen LogP contribution in [0.2, 0.25) is 0 Å². The fourth-order valence-electron chi connectivity index (χ4n) is 3.14. The molecule has 1 aromatic carbocycles. The Hall–Kier alpha value is -2.91. The summed E-state index contributed by atoms with van der Waals surface area (Å²) < 4.78 is 5.27. The number of Topliss-reactive ketones (excluding diaryl/α,β-unsaturated/α-hetero) is 1. The second kappa shape index (κ2) is 8.62. The monoisotopic (exact) mass is 411 g/mol. The van der Waals surface area contributed by atoms with Gasteiger partial charge in [0.05, 0.1) is 24.5 Å². The van der Waals surface area contributed by atoms with Crippen molar-refractivity contribution in [3.63, 3.8) is 0 Å². The minimum atomic E-state index is -0.103. The molecule has 1 aliphatic heterocycles. The Morgan fingerprint density at radius 1 is 1.14 bits per heavy atom. The van der Waals surface area contributed by atoms with E-state index in [2.05, 4.69) is 15.4 Å². The van der Waals surface area contributed by atoms with Gasteiger partial charge in [-0.25, -0.2) is 0 Å². The van der Waals surface area contributed by atoms with Gasteiger partial charge < -0.3 is 9.64 Å². The van der Waals surface area contributed by atoms with Crippen molar-refractivity contribution >= 4 is 23.0 Å². The van der Waals surface area contributed by atoms with Crippen molar-refractivity contribution in [2.45, 2.75) is 19.9 Å². The Bertz CT molecular complexity index is 1020. The molecular weight excluding hydrogens is 390 g/mol. The summed E-state index contributed by atoms with van der Waals surface area (Å²) in [6, 6.07) is 11.4. The van der Waals surface area contributed by atoms with E-state index in [4.69, 9.17) is 4.74 Å². The van der Waals surface area contributed by atoms with E-state index in [0.29, 0.717) is 43.4 Å². The number of benzene rings is 1. The van der Waals surface area contributed by atoms with Gasteiger partial charge in [-0.3, -0.25) is 9.59 Å². The number of tetrazole rings is 1. The van der Waals surface area contributed by atoms with E-state index in [1.165, 1.54) is 16.1 Å². The Kier molecular flexibility index (Phi) is 5.77. The van der Waals surface area contributed by atoms with Crippen LogP contribution in [0.15, 0.2) is 36.4 Å². The first-order valence-corrected chi connectivity index (χ1v) is 10.2. The van der Waals surface area contributed by atoms with Gasteiger partial charge >= 0.3 is 0 Å². The molecule has 0 aliphatic carbocycles. The molecule has 4 rings (SSSR count). The van der Waals surface area contributed by atoms with Gasteiger partial charge in [-0.15, -0.1) is 21.5 Å². The van der Waals surface area contributed by atoms with E-state index in [0.717, 1.165) is 16.0 Å². The first-order chi connectivity index (χ1) is 14.1. The molecule has 0 saturated carbocycles. The Morgan fingerprint density at radius 2 is 1.93 bits per heavy atom. The molecule has 0 radical (unpaired) electrons. The van der Waals surface area contributed by atoms with E-state index in [1.807, 2.05) is 37.3 Å². The lowest BCUT2D eigenvalue weighted by Gasteiger charge is -2.26. The minimum Gasteiger partial charge on any atom is -0.378 e.